The quantitative estimate of drug-likeness (QED) is 0.858. The van der Waals surface area contributed by atoms with Gasteiger partial charge in [-0.3, -0.25) is 0 Å². The Morgan fingerprint density at radius 3 is 2.38 bits per heavy atom. The van der Waals surface area contributed by atoms with Gasteiger partial charge < -0.3 is 18.9 Å². The fraction of sp³-hybridized carbons (Fsp3) is 0.647. The molecule has 0 bridgehead atoms. The maximum absolute atomic E-state index is 6.11. The molecule has 0 aliphatic carbocycles. The topological polar surface area (TPSA) is 36.9 Å². The van der Waals surface area contributed by atoms with Crippen LogP contribution in [0.5, 0.6) is 0 Å². The van der Waals surface area contributed by atoms with E-state index >= 15 is 0 Å². The van der Waals surface area contributed by atoms with Crippen molar-refractivity contribution in [1.82, 2.24) is 0 Å². The first-order valence-corrected chi connectivity index (χ1v) is 7.63. The molecule has 1 aromatic rings. The highest BCUT2D eigenvalue weighted by Crippen LogP contribution is 2.38. The van der Waals surface area contributed by atoms with Crippen molar-refractivity contribution in [1.29, 1.82) is 0 Å². The first kappa shape index (κ1) is 15.0. The fourth-order valence-electron chi connectivity index (χ4n) is 3.19. The molecule has 116 valence electrons. The lowest BCUT2D eigenvalue weighted by Gasteiger charge is -2.39. The second-order valence-corrected chi connectivity index (χ2v) is 6.37. The Kier molecular flexibility index (Phi) is 4.06. The highest BCUT2D eigenvalue weighted by atomic mass is 16.8. The number of rotatable bonds is 3. The van der Waals surface area contributed by atoms with E-state index in [1.165, 1.54) is 0 Å². The Morgan fingerprint density at radius 2 is 1.67 bits per heavy atom. The highest BCUT2D eigenvalue weighted by molar-refractivity contribution is 5.13. The van der Waals surface area contributed by atoms with Gasteiger partial charge >= 0.3 is 0 Å². The van der Waals surface area contributed by atoms with Crippen molar-refractivity contribution in [3.63, 3.8) is 0 Å². The molecule has 0 N–H and O–H groups in total. The molecule has 2 aliphatic rings. The molecule has 0 radical (unpaired) electrons. The summed E-state index contributed by atoms with van der Waals surface area (Å²) in [6.07, 6.45) is -0.265. The minimum atomic E-state index is -0.578. The normalized spacial score (nSPS) is 38.2. The van der Waals surface area contributed by atoms with Crippen LogP contribution in [0.4, 0.5) is 0 Å². The van der Waals surface area contributed by atoms with Gasteiger partial charge in [0, 0.05) is 0 Å². The first-order chi connectivity index (χ1) is 9.96. The van der Waals surface area contributed by atoms with Gasteiger partial charge in [-0.05, 0) is 33.3 Å². The summed E-state index contributed by atoms with van der Waals surface area (Å²) in [7, 11) is 0. The van der Waals surface area contributed by atoms with E-state index in [4.69, 9.17) is 18.9 Å². The number of ether oxygens (including phenoxy) is 4. The summed E-state index contributed by atoms with van der Waals surface area (Å²) < 4.78 is 24.1. The predicted molar refractivity (Wildman–Crippen MR) is 78.9 cm³/mol. The molecule has 21 heavy (non-hydrogen) atoms. The first-order valence-electron chi connectivity index (χ1n) is 7.63. The van der Waals surface area contributed by atoms with Crippen molar-refractivity contribution in [3.8, 4) is 0 Å². The maximum Gasteiger partial charge on any atom is 0.164 e. The Bertz CT molecular complexity index is 473. The minimum Gasteiger partial charge on any atom is -0.370 e. The molecule has 3 rings (SSSR count). The van der Waals surface area contributed by atoms with Crippen LogP contribution >= 0.6 is 0 Å². The molecule has 0 saturated carbocycles. The van der Waals surface area contributed by atoms with Crippen LogP contribution in [0.2, 0.25) is 0 Å². The summed E-state index contributed by atoms with van der Waals surface area (Å²) in [6.45, 7) is 8.51. The second kappa shape index (κ2) is 5.69. The van der Waals surface area contributed by atoms with E-state index in [0.29, 0.717) is 6.61 Å². The Morgan fingerprint density at radius 1 is 1.00 bits per heavy atom. The maximum atomic E-state index is 6.11. The zero-order valence-electron chi connectivity index (χ0n) is 13.1. The third-order valence-corrected chi connectivity index (χ3v) is 4.13. The van der Waals surface area contributed by atoms with Gasteiger partial charge in [0.1, 0.15) is 18.3 Å². The van der Waals surface area contributed by atoms with Gasteiger partial charge in [-0.1, -0.05) is 30.3 Å². The average molecular weight is 292 g/mol. The van der Waals surface area contributed by atoms with Gasteiger partial charge in [0.15, 0.2) is 5.79 Å². The van der Waals surface area contributed by atoms with Gasteiger partial charge in [-0.2, -0.15) is 0 Å². The van der Waals surface area contributed by atoms with E-state index < -0.39 is 5.79 Å². The van der Waals surface area contributed by atoms with E-state index in [1.54, 1.807) is 0 Å². The molecule has 2 unspecified atom stereocenters. The average Bonchev–Trinajstić information content (AvgIpc) is 2.76. The van der Waals surface area contributed by atoms with E-state index in [0.717, 1.165) is 5.56 Å². The molecule has 5 atom stereocenters. The molecule has 2 aliphatic heterocycles. The van der Waals surface area contributed by atoms with Crippen LogP contribution in [0.3, 0.4) is 0 Å². The fourth-order valence-corrected chi connectivity index (χ4v) is 3.19. The summed E-state index contributed by atoms with van der Waals surface area (Å²) >= 11 is 0. The Balaban J connectivity index is 1.71. The smallest absolute Gasteiger partial charge is 0.164 e. The molecule has 0 amide bonds. The van der Waals surface area contributed by atoms with E-state index in [2.05, 4.69) is 12.1 Å². The van der Waals surface area contributed by atoms with Crippen molar-refractivity contribution in [2.45, 2.75) is 70.6 Å². The molecule has 2 heterocycles. The van der Waals surface area contributed by atoms with Crippen molar-refractivity contribution < 1.29 is 18.9 Å². The molecular formula is C17H24O4. The van der Waals surface area contributed by atoms with Crippen LogP contribution < -0.4 is 0 Å². The Hall–Kier alpha value is -0.940. The monoisotopic (exact) mass is 292 g/mol. The molecule has 0 spiro atoms. The second-order valence-electron chi connectivity index (χ2n) is 6.37. The van der Waals surface area contributed by atoms with Crippen molar-refractivity contribution >= 4 is 0 Å². The van der Waals surface area contributed by atoms with Gasteiger partial charge in [0.25, 0.3) is 0 Å². The van der Waals surface area contributed by atoms with E-state index in [-0.39, 0.29) is 30.5 Å². The largest absolute Gasteiger partial charge is 0.370 e. The minimum absolute atomic E-state index is 0.0116. The Labute approximate surface area is 126 Å². The third kappa shape index (κ3) is 3.14. The molecule has 2 saturated heterocycles. The zero-order chi connectivity index (χ0) is 15.0. The third-order valence-electron chi connectivity index (χ3n) is 4.13. The van der Waals surface area contributed by atoms with Gasteiger partial charge in [0.2, 0.25) is 0 Å². The summed E-state index contributed by atoms with van der Waals surface area (Å²) in [4.78, 5) is 0. The predicted octanol–water partition coefficient (Wildman–Crippen LogP) is 2.90. The van der Waals surface area contributed by atoms with Crippen LogP contribution in [0.1, 0.15) is 33.3 Å². The molecular weight excluding hydrogens is 268 g/mol. The summed E-state index contributed by atoms with van der Waals surface area (Å²) in [5, 5.41) is 0. The molecule has 4 heteroatoms. The van der Waals surface area contributed by atoms with Gasteiger partial charge in [-0.15, -0.1) is 0 Å². The molecule has 2 fully saturated rings. The SMILES string of the molecule is CC1O[C@@H](C)[C@H]2OC(C)(C)OC2[C@H]1OCc1ccccc1. The van der Waals surface area contributed by atoms with Crippen molar-refractivity contribution in [2.24, 2.45) is 0 Å². The summed E-state index contributed by atoms with van der Waals surface area (Å²) in [5.41, 5.74) is 1.15. The molecule has 0 aromatic heterocycles. The van der Waals surface area contributed by atoms with Crippen LogP contribution in [0.15, 0.2) is 30.3 Å². The van der Waals surface area contributed by atoms with Crippen molar-refractivity contribution in [2.75, 3.05) is 0 Å². The number of hydrogen-bond acceptors (Lipinski definition) is 4. The van der Waals surface area contributed by atoms with Crippen LogP contribution in [0, 0.1) is 0 Å². The lowest BCUT2D eigenvalue weighted by molar-refractivity contribution is -0.197. The lowest BCUT2D eigenvalue weighted by atomic mass is 9.96. The van der Waals surface area contributed by atoms with Crippen molar-refractivity contribution in [3.05, 3.63) is 35.9 Å². The number of hydrogen-bond donors (Lipinski definition) is 0. The summed E-state index contributed by atoms with van der Waals surface area (Å²) in [5.74, 6) is -0.578. The standard InChI is InChI=1S/C17H24O4/c1-11-14(18-10-13-8-6-5-7-9-13)16-15(12(2)19-11)20-17(3,4)21-16/h5-9,11-12,14-16H,10H2,1-4H3/t11?,12-,14-,15+,16?/m0/s1. The highest BCUT2D eigenvalue weighted by Gasteiger charge is 2.53. The number of fused-ring (bicyclic) bond motifs is 1. The number of benzene rings is 1. The van der Waals surface area contributed by atoms with E-state index in [1.807, 2.05) is 45.9 Å². The van der Waals surface area contributed by atoms with Gasteiger partial charge in [0.05, 0.1) is 18.8 Å². The molecule has 4 nitrogen and oxygen atoms in total. The van der Waals surface area contributed by atoms with E-state index in [9.17, 15) is 0 Å². The molecule has 1 aromatic carbocycles. The van der Waals surface area contributed by atoms with Gasteiger partial charge in [-0.25, -0.2) is 0 Å². The zero-order valence-corrected chi connectivity index (χ0v) is 13.1. The van der Waals surface area contributed by atoms with Crippen LogP contribution in [-0.2, 0) is 25.6 Å². The van der Waals surface area contributed by atoms with Crippen LogP contribution in [-0.4, -0.2) is 36.3 Å². The lowest BCUT2D eigenvalue weighted by Crippen LogP contribution is -2.55. The van der Waals surface area contributed by atoms with Crippen LogP contribution in [0.25, 0.3) is 0 Å². The summed E-state index contributed by atoms with van der Waals surface area (Å²) in [6, 6.07) is 10.2.